The van der Waals surface area contributed by atoms with Crippen LogP contribution in [0.25, 0.3) is 0 Å². The van der Waals surface area contributed by atoms with Gasteiger partial charge >= 0.3 is 0 Å². The molecule has 0 saturated heterocycles. The molecule has 1 N–H and O–H groups in total. The van der Waals surface area contributed by atoms with E-state index in [1.165, 1.54) is 19.3 Å². The third-order valence-corrected chi connectivity index (χ3v) is 3.80. The Hall–Kier alpha value is -1.16. The van der Waals surface area contributed by atoms with Crippen LogP contribution in [0.15, 0.2) is 6.07 Å². The van der Waals surface area contributed by atoms with Gasteiger partial charge in [0.25, 0.3) is 0 Å². The summed E-state index contributed by atoms with van der Waals surface area (Å²) in [7, 11) is 4.33. The van der Waals surface area contributed by atoms with Gasteiger partial charge in [-0.2, -0.15) is 0 Å². The molecule has 17 heavy (non-hydrogen) atoms. The predicted octanol–water partition coefficient (Wildman–Crippen LogP) is 1.99. The Bertz CT molecular complexity index is 376. The summed E-state index contributed by atoms with van der Waals surface area (Å²) in [6, 6.07) is 2.01. The lowest BCUT2D eigenvalue weighted by molar-refractivity contribution is 0.0738. The number of hydrogen-bond donors (Lipinski definition) is 1. The molecule has 2 rings (SSSR count). The van der Waals surface area contributed by atoms with E-state index in [9.17, 15) is 0 Å². The van der Waals surface area contributed by atoms with Crippen LogP contribution in [0.3, 0.4) is 0 Å². The highest BCUT2D eigenvalue weighted by atomic mass is 15.2. The van der Waals surface area contributed by atoms with E-state index in [0.717, 1.165) is 23.9 Å². The molecule has 1 aromatic rings. The maximum Gasteiger partial charge on any atom is 0.129 e. The number of likely N-dealkylation sites (N-methyl/N-ethyl adjacent to an activating group) is 1. The van der Waals surface area contributed by atoms with Gasteiger partial charge in [0, 0.05) is 23.8 Å². The minimum absolute atomic E-state index is 0.326. The number of nitrogens with zero attached hydrogens (tertiary/aromatic N) is 3. The highest BCUT2D eigenvalue weighted by Crippen LogP contribution is 2.36. The second-order valence-electron chi connectivity index (χ2n) is 5.27. The van der Waals surface area contributed by atoms with Crippen molar-refractivity contribution in [2.24, 2.45) is 0 Å². The lowest BCUT2D eigenvalue weighted by Crippen LogP contribution is -2.54. The van der Waals surface area contributed by atoms with Gasteiger partial charge in [0.05, 0.1) is 0 Å². The number of aromatic nitrogens is 2. The van der Waals surface area contributed by atoms with E-state index in [4.69, 9.17) is 0 Å². The third kappa shape index (κ3) is 2.57. The number of rotatable bonds is 4. The molecule has 1 aliphatic carbocycles. The molecule has 0 radical (unpaired) electrons. The fourth-order valence-electron chi connectivity index (χ4n) is 2.43. The van der Waals surface area contributed by atoms with E-state index in [1.807, 2.05) is 19.9 Å². The van der Waals surface area contributed by atoms with Crippen molar-refractivity contribution in [2.45, 2.75) is 38.6 Å². The van der Waals surface area contributed by atoms with E-state index < -0.39 is 0 Å². The van der Waals surface area contributed by atoms with Crippen molar-refractivity contribution in [1.82, 2.24) is 14.9 Å². The van der Waals surface area contributed by atoms with E-state index in [0.29, 0.717) is 5.54 Å². The van der Waals surface area contributed by atoms with Gasteiger partial charge in [-0.1, -0.05) is 0 Å². The molecule has 0 aromatic carbocycles. The van der Waals surface area contributed by atoms with Crippen molar-refractivity contribution in [2.75, 3.05) is 26.0 Å². The van der Waals surface area contributed by atoms with Gasteiger partial charge < -0.3 is 10.2 Å². The Morgan fingerprint density at radius 2 is 2.00 bits per heavy atom. The van der Waals surface area contributed by atoms with Crippen molar-refractivity contribution in [3.63, 3.8) is 0 Å². The average molecular weight is 234 g/mol. The summed E-state index contributed by atoms with van der Waals surface area (Å²) in [6.07, 6.45) is 3.88. The average Bonchev–Trinajstić information content (AvgIpc) is 2.13. The zero-order valence-electron chi connectivity index (χ0n) is 11.2. The molecule has 0 aliphatic heterocycles. The lowest BCUT2D eigenvalue weighted by Gasteiger charge is -2.47. The van der Waals surface area contributed by atoms with Gasteiger partial charge in [-0.05, 0) is 47.2 Å². The van der Waals surface area contributed by atoms with Crippen molar-refractivity contribution in [3.8, 4) is 0 Å². The monoisotopic (exact) mass is 234 g/mol. The molecule has 4 nitrogen and oxygen atoms in total. The Balaban J connectivity index is 2.02. The molecule has 4 heteroatoms. The maximum atomic E-state index is 4.41. The van der Waals surface area contributed by atoms with Crippen LogP contribution in [-0.4, -0.2) is 41.0 Å². The van der Waals surface area contributed by atoms with E-state index in [1.54, 1.807) is 0 Å². The van der Waals surface area contributed by atoms with Gasteiger partial charge in [0.1, 0.15) is 11.6 Å². The molecule has 1 fully saturated rings. The van der Waals surface area contributed by atoms with Gasteiger partial charge in [0.2, 0.25) is 0 Å². The number of anilines is 1. The Morgan fingerprint density at radius 3 is 2.47 bits per heavy atom. The van der Waals surface area contributed by atoms with Crippen LogP contribution in [0.4, 0.5) is 5.82 Å². The molecule has 0 spiro atoms. The van der Waals surface area contributed by atoms with Gasteiger partial charge in [-0.25, -0.2) is 9.97 Å². The van der Waals surface area contributed by atoms with Gasteiger partial charge in [-0.3, -0.25) is 0 Å². The lowest BCUT2D eigenvalue weighted by atomic mass is 9.75. The molecule has 0 bridgehead atoms. The van der Waals surface area contributed by atoms with Crippen LogP contribution in [0.5, 0.6) is 0 Å². The largest absolute Gasteiger partial charge is 0.368 e. The number of hydrogen-bond acceptors (Lipinski definition) is 4. The van der Waals surface area contributed by atoms with E-state index in [2.05, 4.69) is 34.3 Å². The zero-order valence-corrected chi connectivity index (χ0v) is 11.2. The summed E-state index contributed by atoms with van der Waals surface area (Å²) in [5, 5.41) is 3.46. The summed E-state index contributed by atoms with van der Waals surface area (Å²) in [5.74, 6) is 1.78. The zero-order chi connectivity index (χ0) is 12.5. The summed E-state index contributed by atoms with van der Waals surface area (Å²) >= 11 is 0. The minimum Gasteiger partial charge on any atom is -0.368 e. The Labute approximate surface area is 103 Å². The predicted molar refractivity (Wildman–Crippen MR) is 70.3 cm³/mol. The van der Waals surface area contributed by atoms with Crippen LogP contribution in [0, 0.1) is 13.8 Å². The Morgan fingerprint density at radius 1 is 1.29 bits per heavy atom. The van der Waals surface area contributed by atoms with Gasteiger partial charge in [0.15, 0.2) is 0 Å². The van der Waals surface area contributed by atoms with Crippen molar-refractivity contribution >= 4 is 5.82 Å². The maximum absolute atomic E-state index is 4.41. The normalized spacial score (nSPS) is 17.9. The smallest absolute Gasteiger partial charge is 0.129 e. The summed E-state index contributed by atoms with van der Waals surface area (Å²) in [5.41, 5.74) is 1.35. The van der Waals surface area contributed by atoms with E-state index >= 15 is 0 Å². The molecule has 1 saturated carbocycles. The van der Waals surface area contributed by atoms with Crippen molar-refractivity contribution in [1.29, 1.82) is 0 Å². The van der Waals surface area contributed by atoms with Crippen LogP contribution in [-0.2, 0) is 0 Å². The second kappa shape index (κ2) is 4.61. The van der Waals surface area contributed by atoms with E-state index in [-0.39, 0.29) is 0 Å². The van der Waals surface area contributed by atoms with Crippen molar-refractivity contribution in [3.05, 3.63) is 17.6 Å². The van der Waals surface area contributed by atoms with Crippen LogP contribution >= 0.6 is 0 Å². The molecule has 1 heterocycles. The summed E-state index contributed by atoms with van der Waals surface area (Å²) in [6.45, 7) is 4.91. The fourth-order valence-corrected chi connectivity index (χ4v) is 2.43. The molecular weight excluding hydrogens is 212 g/mol. The summed E-state index contributed by atoms with van der Waals surface area (Å²) in [4.78, 5) is 11.0. The standard InChI is InChI=1S/C13H22N4/c1-10-8-12(16-11(2)15-10)14-9-13(17(3)4)6-5-7-13/h8H,5-7,9H2,1-4H3,(H,14,15,16). The SMILES string of the molecule is Cc1cc(NCC2(N(C)C)CCC2)nc(C)n1. The summed E-state index contributed by atoms with van der Waals surface area (Å²) < 4.78 is 0. The highest BCUT2D eigenvalue weighted by Gasteiger charge is 2.38. The molecule has 0 unspecified atom stereocenters. The molecule has 0 amide bonds. The molecule has 0 atom stereocenters. The molecule has 1 aromatic heterocycles. The van der Waals surface area contributed by atoms with Crippen LogP contribution in [0.2, 0.25) is 0 Å². The van der Waals surface area contributed by atoms with Crippen molar-refractivity contribution < 1.29 is 0 Å². The third-order valence-electron chi connectivity index (χ3n) is 3.80. The van der Waals surface area contributed by atoms with Crippen LogP contribution < -0.4 is 5.32 Å². The first-order chi connectivity index (χ1) is 8.02. The number of aryl methyl sites for hydroxylation is 2. The highest BCUT2D eigenvalue weighted by molar-refractivity contribution is 5.36. The second-order valence-corrected chi connectivity index (χ2v) is 5.27. The van der Waals surface area contributed by atoms with Crippen LogP contribution in [0.1, 0.15) is 30.8 Å². The topological polar surface area (TPSA) is 41.0 Å². The minimum atomic E-state index is 0.326. The number of nitrogens with one attached hydrogen (secondary N) is 1. The Kier molecular flexibility index (Phi) is 3.33. The first kappa shape index (κ1) is 12.3. The fraction of sp³-hybridized carbons (Fsp3) is 0.692. The first-order valence-electron chi connectivity index (χ1n) is 6.25. The van der Waals surface area contributed by atoms with Gasteiger partial charge in [-0.15, -0.1) is 0 Å². The molecule has 94 valence electrons. The quantitative estimate of drug-likeness (QED) is 0.865. The molecular formula is C13H22N4. The molecule has 1 aliphatic rings. The first-order valence-corrected chi connectivity index (χ1v) is 6.25.